The van der Waals surface area contributed by atoms with Gasteiger partial charge in [-0.15, -0.1) is 0 Å². The molecule has 3 saturated heterocycles. The molecule has 1 aromatic heterocycles. The number of aromatic hydroxyl groups is 1. The second kappa shape index (κ2) is 8.44. The van der Waals surface area contributed by atoms with Gasteiger partial charge < -0.3 is 15.0 Å². The number of phenols is 1. The molecular formula is C28H36N4O. The number of hydrogen-bond donors (Lipinski definition) is 2. The van der Waals surface area contributed by atoms with Crippen LogP contribution in [-0.2, 0) is 5.41 Å². The molecule has 0 radical (unpaired) electrons. The Hall–Kier alpha value is -2.37. The Kier molecular flexibility index (Phi) is 5.42. The fraction of sp³-hybridized carbons (Fsp3) is 0.536. The molecule has 2 aromatic carbocycles. The van der Waals surface area contributed by atoms with Crippen molar-refractivity contribution in [3.05, 3.63) is 59.9 Å². The van der Waals surface area contributed by atoms with E-state index in [2.05, 4.69) is 52.0 Å². The summed E-state index contributed by atoms with van der Waals surface area (Å²) >= 11 is 0. The van der Waals surface area contributed by atoms with Crippen LogP contribution in [0.25, 0.3) is 11.0 Å². The minimum atomic E-state index is 0.178. The van der Waals surface area contributed by atoms with Crippen LogP contribution >= 0.6 is 0 Å². The summed E-state index contributed by atoms with van der Waals surface area (Å²) in [5.74, 6) is 1.56. The monoisotopic (exact) mass is 444 g/mol. The lowest BCUT2D eigenvalue weighted by atomic mass is 9.70. The van der Waals surface area contributed by atoms with E-state index in [1.807, 2.05) is 12.1 Å². The number of piperidine rings is 2. The third kappa shape index (κ3) is 3.75. The summed E-state index contributed by atoms with van der Waals surface area (Å²) in [6.07, 6.45) is 8.62. The van der Waals surface area contributed by atoms with Crippen molar-refractivity contribution in [1.29, 1.82) is 0 Å². The Morgan fingerprint density at radius 2 is 1.76 bits per heavy atom. The number of imidazole rings is 1. The van der Waals surface area contributed by atoms with Crippen molar-refractivity contribution in [1.82, 2.24) is 19.8 Å². The van der Waals surface area contributed by atoms with Crippen LogP contribution in [0.2, 0.25) is 0 Å². The lowest BCUT2D eigenvalue weighted by molar-refractivity contribution is 0.0928. The zero-order valence-electron chi connectivity index (χ0n) is 19.7. The fourth-order valence-electron chi connectivity index (χ4n) is 7.21. The number of benzene rings is 2. The fourth-order valence-corrected chi connectivity index (χ4v) is 7.21. The molecule has 5 nitrogen and oxygen atoms in total. The number of nitrogens with zero attached hydrogens (tertiary/aromatic N) is 3. The highest BCUT2D eigenvalue weighted by atomic mass is 16.3. The number of aromatic nitrogens is 2. The van der Waals surface area contributed by atoms with E-state index < -0.39 is 0 Å². The van der Waals surface area contributed by atoms with Gasteiger partial charge in [0.2, 0.25) is 0 Å². The number of hydrogen-bond acceptors (Lipinski definition) is 4. The first kappa shape index (κ1) is 21.2. The lowest BCUT2D eigenvalue weighted by Crippen LogP contribution is -2.47. The maximum atomic E-state index is 10.2. The van der Waals surface area contributed by atoms with Crippen LogP contribution in [0.1, 0.15) is 62.4 Å². The molecule has 174 valence electrons. The highest BCUT2D eigenvalue weighted by Crippen LogP contribution is 2.44. The van der Waals surface area contributed by atoms with E-state index in [1.165, 1.54) is 49.7 Å². The highest BCUT2D eigenvalue weighted by molar-refractivity contribution is 5.76. The summed E-state index contributed by atoms with van der Waals surface area (Å²) in [5.41, 5.74) is 3.93. The number of nitrogens with one attached hydrogen (secondary N) is 1. The van der Waals surface area contributed by atoms with Crippen molar-refractivity contribution >= 4 is 11.0 Å². The van der Waals surface area contributed by atoms with Gasteiger partial charge in [0.05, 0.1) is 11.0 Å². The Morgan fingerprint density at radius 1 is 1.00 bits per heavy atom. The molecular weight excluding hydrogens is 408 g/mol. The van der Waals surface area contributed by atoms with Crippen molar-refractivity contribution < 1.29 is 5.11 Å². The van der Waals surface area contributed by atoms with E-state index in [-0.39, 0.29) is 5.41 Å². The molecule has 3 aromatic rings. The molecule has 0 aliphatic carbocycles. The summed E-state index contributed by atoms with van der Waals surface area (Å²) in [7, 11) is 0. The van der Waals surface area contributed by atoms with E-state index >= 15 is 0 Å². The molecule has 4 heterocycles. The van der Waals surface area contributed by atoms with Gasteiger partial charge >= 0.3 is 0 Å². The normalized spacial score (nSPS) is 27.2. The lowest BCUT2D eigenvalue weighted by Gasteiger charge is -2.44. The van der Waals surface area contributed by atoms with Crippen LogP contribution in [0.5, 0.6) is 5.75 Å². The molecule has 2 atom stereocenters. The van der Waals surface area contributed by atoms with Gasteiger partial charge in [-0.05, 0) is 107 Å². The molecule has 3 aliphatic heterocycles. The van der Waals surface area contributed by atoms with Gasteiger partial charge in [-0.3, -0.25) is 4.90 Å². The van der Waals surface area contributed by atoms with Crippen LogP contribution in [0, 0.1) is 6.92 Å². The van der Waals surface area contributed by atoms with E-state index in [1.54, 1.807) is 6.07 Å². The first-order valence-corrected chi connectivity index (χ1v) is 12.8. The van der Waals surface area contributed by atoms with Crippen LogP contribution in [0.4, 0.5) is 0 Å². The van der Waals surface area contributed by atoms with E-state index in [4.69, 9.17) is 4.98 Å². The average molecular weight is 445 g/mol. The van der Waals surface area contributed by atoms with Gasteiger partial charge in [0.25, 0.3) is 0 Å². The molecule has 0 amide bonds. The van der Waals surface area contributed by atoms with Gasteiger partial charge in [-0.2, -0.15) is 0 Å². The second-order valence-corrected chi connectivity index (χ2v) is 10.6. The van der Waals surface area contributed by atoms with E-state index in [9.17, 15) is 5.11 Å². The summed E-state index contributed by atoms with van der Waals surface area (Å²) in [4.78, 5) is 7.69. The molecule has 5 heteroatoms. The van der Waals surface area contributed by atoms with Gasteiger partial charge in [0.15, 0.2) is 0 Å². The van der Waals surface area contributed by atoms with Crippen molar-refractivity contribution in [3.63, 3.8) is 0 Å². The van der Waals surface area contributed by atoms with Crippen molar-refractivity contribution in [3.8, 4) is 5.75 Å². The zero-order valence-corrected chi connectivity index (χ0v) is 19.7. The van der Waals surface area contributed by atoms with Crippen molar-refractivity contribution in [2.75, 3.05) is 19.6 Å². The van der Waals surface area contributed by atoms with Crippen LogP contribution < -0.4 is 5.32 Å². The molecule has 2 bridgehead atoms. The van der Waals surface area contributed by atoms with Gasteiger partial charge in [-0.25, -0.2) is 4.98 Å². The first-order chi connectivity index (χ1) is 16.1. The minimum absolute atomic E-state index is 0.178. The summed E-state index contributed by atoms with van der Waals surface area (Å²) < 4.78 is 2.53. The van der Waals surface area contributed by atoms with E-state index in [0.717, 1.165) is 37.3 Å². The number of phenolic OH excluding ortho intramolecular Hbond substituents is 1. The summed E-state index contributed by atoms with van der Waals surface area (Å²) in [6.45, 7) is 5.47. The topological polar surface area (TPSA) is 53.3 Å². The predicted molar refractivity (Wildman–Crippen MR) is 133 cm³/mol. The quantitative estimate of drug-likeness (QED) is 0.586. The smallest absolute Gasteiger partial charge is 0.115 e. The molecule has 33 heavy (non-hydrogen) atoms. The maximum absolute atomic E-state index is 10.2. The molecule has 0 spiro atoms. The SMILES string of the molecule is Cc1nc2ccccc2n1C1CC2CCC(C1)N2CCC1(c2cccc(O)c2)CCNCC1. The molecule has 2 unspecified atom stereocenters. The van der Waals surface area contributed by atoms with Crippen LogP contribution in [0.3, 0.4) is 0 Å². The Labute approximate surface area is 196 Å². The van der Waals surface area contributed by atoms with Gasteiger partial charge in [0.1, 0.15) is 11.6 Å². The molecule has 2 N–H and O–H groups in total. The molecule has 6 rings (SSSR count). The van der Waals surface area contributed by atoms with E-state index in [0.29, 0.717) is 23.9 Å². The molecule has 3 fully saturated rings. The van der Waals surface area contributed by atoms with Crippen molar-refractivity contribution in [2.45, 2.75) is 75.4 Å². The van der Waals surface area contributed by atoms with Crippen LogP contribution in [-0.4, -0.2) is 51.3 Å². The maximum Gasteiger partial charge on any atom is 0.115 e. The second-order valence-electron chi connectivity index (χ2n) is 10.6. The Balaban J connectivity index is 1.21. The predicted octanol–water partition coefficient (Wildman–Crippen LogP) is 4.93. The summed E-state index contributed by atoms with van der Waals surface area (Å²) in [6, 6.07) is 18.6. The number of rotatable bonds is 5. The standard InChI is InChI=1S/C28H36N4O/c1-20-30-26-7-2-3-8-27(26)32(20)24-18-22-9-10-23(19-24)31(22)16-13-28(11-14-29-15-12-28)21-5-4-6-25(33)17-21/h2-8,17,22-24,29,33H,9-16,18-19H2,1H3. The third-order valence-corrected chi connectivity index (χ3v) is 8.86. The molecule has 3 aliphatic rings. The molecule has 0 saturated carbocycles. The van der Waals surface area contributed by atoms with Gasteiger partial charge in [0, 0.05) is 18.1 Å². The first-order valence-electron chi connectivity index (χ1n) is 12.8. The third-order valence-electron chi connectivity index (χ3n) is 8.86. The highest BCUT2D eigenvalue weighted by Gasteiger charge is 2.43. The largest absolute Gasteiger partial charge is 0.508 e. The minimum Gasteiger partial charge on any atom is -0.508 e. The Bertz CT molecular complexity index is 1120. The van der Waals surface area contributed by atoms with Gasteiger partial charge in [-0.1, -0.05) is 24.3 Å². The van der Waals surface area contributed by atoms with Crippen molar-refractivity contribution in [2.24, 2.45) is 0 Å². The number of para-hydroxylation sites is 2. The van der Waals surface area contributed by atoms with Crippen LogP contribution in [0.15, 0.2) is 48.5 Å². The number of fused-ring (bicyclic) bond motifs is 3. The number of aryl methyl sites for hydroxylation is 1. The zero-order chi connectivity index (χ0) is 22.4. The summed E-state index contributed by atoms with van der Waals surface area (Å²) in [5, 5.41) is 13.7. The average Bonchev–Trinajstić information content (AvgIpc) is 3.29. The Morgan fingerprint density at radius 3 is 2.52 bits per heavy atom.